The minimum atomic E-state index is -4.51. The van der Waals surface area contributed by atoms with Gasteiger partial charge in [-0.2, -0.15) is 8.78 Å². The Hall–Kier alpha value is -3.81. The van der Waals surface area contributed by atoms with Crippen LogP contribution in [0.25, 0.3) is 28.0 Å². The molecule has 8 heteroatoms. The third kappa shape index (κ3) is 4.35. The molecular formula is C26H15F7O. The van der Waals surface area contributed by atoms with Gasteiger partial charge in [0.05, 0.1) is 0 Å². The molecule has 1 nitrogen and oxygen atoms in total. The van der Waals surface area contributed by atoms with E-state index < -0.39 is 46.5 Å². The van der Waals surface area contributed by atoms with Crippen LogP contribution >= 0.6 is 0 Å². The van der Waals surface area contributed by atoms with Crippen LogP contribution in [0, 0.1) is 29.1 Å². The Bertz CT molecular complexity index is 1400. The third-order valence-electron chi connectivity index (χ3n) is 5.13. The summed E-state index contributed by atoms with van der Waals surface area (Å²) in [6, 6.07) is 12.2. The molecule has 0 aliphatic heterocycles. The Morgan fingerprint density at radius 3 is 2.03 bits per heavy atom. The highest BCUT2D eigenvalue weighted by Crippen LogP contribution is 2.37. The Balaban J connectivity index is 1.69. The van der Waals surface area contributed by atoms with E-state index in [2.05, 4.69) is 4.74 Å². The van der Waals surface area contributed by atoms with E-state index in [0.717, 1.165) is 22.4 Å². The van der Waals surface area contributed by atoms with Gasteiger partial charge in [0.25, 0.3) is 0 Å². The highest BCUT2D eigenvalue weighted by Gasteiger charge is 2.40. The lowest BCUT2D eigenvalue weighted by molar-refractivity contribution is -0.187. The summed E-state index contributed by atoms with van der Waals surface area (Å²) in [6.07, 6.45) is -0.734. The topological polar surface area (TPSA) is 9.23 Å². The van der Waals surface area contributed by atoms with Gasteiger partial charge < -0.3 is 4.74 Å². The standard InChI is InChI=1S/C26H15F7O/c1-2-3-14-4-5-16-11-17(7-6-15(16)10-14)19-8-9-20(24(30)23(19)29)26(32,33)34-18-12-21(27)25(31)22(28)13-18/h2-13H,1H3/b3-2+. The van der Waals surface area contributed by atoms with Crippen LogP contribution < -0.4 is 4.74 Å². The van der Waals surface area contributed by atoms with Gasteiger partial charge in [0.2, 0.25) is 0 Å². The number of alkyl halides is 2. The van der Waals surface area contributed by atoms with E-state index in [1.165, 1.54) is 6.07 Å². The highest BCUT2D eigenvalue weighted by molar-refractivity contribution is 5.89. The van der Waals surface area contributed by atoms with Crippen LogP contribution in [-0.2, 0) is 6.11 Å². The summed E-state index contributed by atoms with van der Waals surface area (Å²) < 4.78 is 102. The average molecular weight is 476 g/mol. The van der Waals surface area contributed by atoms with Gasteiger partial charge in [-0.15, -0.1) is 0 Å². The molecule has 0 N–H and O–H groups in total. The summed E-state index contributed by atoms with van der Waals surface area (Å²) >= 11 is 0. The first kappa shape index (κ1) is 23.4. The quantitative estimate of drug-likeness (QED) is 0.208. The van der Waals surface area contributed by atoms with Crippen molar-refractivity contribution in [3.63, 3.8) is 0 Å². The van der Waals surface area contributed by atoms with E-state index in [1.54, 1.807) is 18.2 Å². The van der Waals surface area contributed by atoms with E-state index >= 15 is 0 Å². The van der Waals surface area contributed by atoms with Gasteiger partial charge in [0.1, 0.15) is 11.3 Å². The minimum Gasteiger partial charge on any atom is -0.429 e. The summed E-state index contributed by atoms with van der Waals surface area (Å²) in [7, 11) is 0. The molecular weight excluding hydrogens is 461 g/mol. The highest BCUT2D eigenvalue weighted by atomic mass is 19.3. The number of hydrogen-bond donors (Lipinski definition) is 0. The lowest BCUT2D eigenvalue weighted by Gasteiger charge is -2.20. The lowest BCUT2D eigenvalue weighted by atomic mass is 9.98. The maximum Gasteiger partial charge on any atom is 0.429 e. The largest absolute Gasteiger partial charge is 0.429 e. The second kappa shape index (κ2) is 8.85. The fraction of sp³-hybridized carbons (Fsp3) is 0.0769. The van der Waals surface area contributed by atoms with E-state index in [0.29, 0.717) is 6.07 Å². The van der Waals surface area contributed by atoms with Crippen molar-refractivity contribution in [2.75, 3.05) is 0 Å². The molecule has 0 unspecified atom stereocenters. The number of hydrogen-bond acceptors (Lipinski definition) is 1. The second-order valence-electron chi connectivity index (χ2n) is 7.43. The number of rotatable bonds is 5. The molecule has 174 valence electrons. The summed E-state index contributed by atoms with van der Waals surface area (Å²) in [5, 5.41) is 1.57. The van der Waals surface area contributed by atoms with Crippen molar-refractivity contribution in [2.45, 2.75) is 13.0 Å². The van der Waals surface area contributed by atoms with Crippen LogP contribution in [0.1, 0.15) is 18.1 Å². The molecule has 0 spiro atoms. The van der Waals surface area contributed by atoms with Crippen molar-refractivity contribution >= 4 is 16.8 Å². The van der Waals surface area contributed by atoms with Crippen LogP contribution in [0.15, 0.2) is 66.7 Å². The Labute approximate surface area is 189 Å². The first-order valence-corrected chi connectivity index (χ1v) is 9.97. The van der Waals surface area contributed by atoms with Gasteiger partial charge in [0.15, 0.2) is 29.1 Å². The second-order valence-corrected chi connectivity index (χ2v) is 7.43. The van der Waals surface area contributed by atoms with E-state index in [4.69, 9.17) is 0 Å². The zero-order valence-electron chi connectivity index (χ0n) is 17.5. The predicted octanol–water partition coefficient (Wildman–Crippen LogP) is 8.36. The fourth-order valence-corrected chi connectivity index (χ4v) is 3.52. The summed E-state index contributed by atoms with van der Waals surface area (Å²) in [6.45, 7) is 1.87. The molecule has 0 aromatic heterocycles. The van der Waals surface area contributed by atoms with Crippen LogP contribution in [-0.4, -0.2) is 0 Å². The first-order valence-electron chi connectivity index (χ1n) is 9.97. The molecule has 0 heterocycles. The van der Waals surface area contributed by atoms with Gasteiger partial charge in [-0.05, 0) is 47.0 Å². The Morgan fingerprint density at radius 1 is 0.706 bits per heavy atom. The zero-order valence-corrected chi connectivity index (χ0v) is 17.5. The van der Waals surface area contributed by atoms with Crippen LogP contribution in [0.5, 0.6) is 5.75 Å². The molecule has 0 atom stereocenters. The molecule has 0 saturated heterocycles. The number of halogens is 7. The summed E-state index contributed by atoms with van der Waals surface area (Å²) in [4.78, 5) is 0. The molecule has 0 amide bonds. The minimum absolute atomic E-state index is 0.172. The monoisotopic (exact) mass is 476 g/mol. The van der Waals surface area contributed by atoms with Gasteiger partial charge >= 0.3 is 6.11 Å². The number of fused-ring (bicyclic) bond motifs is 1. The van der Waals surface area contributed by atoms with Crippen molar-refractivity contribution in [2.24, 2.45) is 0 Å². The maximum atomic E-state index is 14.8. The number of allylic oxidation sites excluding steroid dienone is 1. The van der Waals surface area contributed by atoms with Gasteiger partial charge in [-0.25, -0.2) is 22.0 Å². The summed E-state index contributed by atoms with van der Waals surface area (Å²) in [5.74, 6) is -9.98. The molecule has 4 aromatic carbocycles. The third-order valence-corrected chi connectivity index (χ3v) is 5.13. The number of benzene rings is 4. The van der Waals surface area contributed by atoms with Crippen LogP contribution in [0.2, 0.25) is 0 Å². The van der Waals surface area contributed by atoms with Crippen molar-refractivity contribution < 1.29 is 35.5 Å². The number of ether oxygens (including phenoxy) is 1. The van der Waals surface area contributed by atoms with E-state index in [9.17, 15) is 30.7 Å². The lowest BCUT2D eigenvalue weighted by Crippen LogP contribution is -2.24. The molecule has 4 aromatic rings. The van der Waals surface area contributed by atoms with E-state index in [-0.39, 0.29) is 23.3 Å². The average Bonchev–Trinajstić information content (AvgIpc) is 2.78. The van der Waals surface area contributed by atoms with Crippen molar-refractivity contribution in [3.8, 4) is 16.9 Å². The summed E-state index contributed by atoms with van der Waals surface area (Å²) in [5.41, 5.74) is -0.556. The molecule has 0 radical (unpaired) electrons. The van der Waals surface area contributed by atoms with Crippen molar-refractivity contribution in [3.05, 3.63) is 107 Å². The Kier molecular flexibility index (Phi) is 6.08. The molecule has 0 fully saturated rings. The maximum absolute atomic E-state index is 14.8. The van der Waals surface area contributed by atoms with Crippen LogP contribution in [0.3, 0.4) is 0 Å². The fourth-order valence-electron chi connectivity index (χ4n) is 3.52. The molecule has 4 rings (SSSR count). The SMILES string of the molecule is C/C=C/c1ccc2cc(-c3ccc(C(F)(F)Oc4cc(F)c(F)c(F)c4)c(F)c3F)ccc2c1. The molecule has 0 aliphatic carbocycles. The smallest absolute Gasteiger partial charge is 0.429 e. The van der Waals surface area contributed by atoms with Crippen molar-refractivity contribution in [1.29, 1.82) is 0 Å². The van der Waals surface area contributed by atoms with Gasteiger partial charge in [-0.1, -0.05) is 42.5 Å². The molecule has 0 bridgehead atoms. The van der Waals surface area contributed by atoms with Gasteiger partial charge in [0, 0.05) is 17.7 Å². The normalized spacial score (nSPS) is 12.0. The molecule has 0 aliphatic rings. The molecule has 34 heavy (non-hydrogen) atoms. The van der Waals surface area contributed by atoms with E-state index in [1.807, 2.05) is 31.2 Å². The Morgan fingerprint density at radius 2 is 1.35 bits per heavy atom. The first-order chi connectivity index (χ1) is 16.1. The van der Waals surface area contributed by atoms with Crippen LogP contribution in [0.4, 0.5) is 30.7 Å². The zero-order chi connectivity index (χ0) is 24.6. The van der Waals surface area contributed by atoms with Gasteiger partial charge in [-0.3, -0.25) is 0 Å². The molecule has 0 saturated carbocycles. The predicted molar refractivity (Wildman–Crippen MR) is 115 cm³/mol. The van der Waals surface area contributed by atoms with Crippen molar-refractivity contribution in [1.82, 2.24) is 0 Å².